The summed E-state index contributed by atoms with van der Waals surface area (Å²) in [4.78, 5) is 31.3. The first-order valence-corrected chi connectivity index (χ1v) is 9.19. The smallest absolute Gasteiger partial charge is 0.229 e. The van der Waals surface area contributed by atoms with Gasteiger partial charge < -0.3 is 24.1 Å². The van der Waals surface area contributed by atoms with Crippen molar-refractivity contribution in [2.45, 2.75) is 13.3 Å². The minimum absolute atomic E-state index is 0.109. The fourth-order valence-corrected chi connectivity index (χ4v) is 3.48. The molecule has 2 aromatic carbocycles. The van der Waals surface area contributed by atoms with Crippen molar-refractivity contribution in [2.24, 2.45) is 5.92 Å². The average Bonchev–Trinajstić information content (AvgIpc) is 3.28. The first-order chi connectivity index (χ1) is 14.0. The first kappa shape index (κ1) is 18.8. The molecular formula is C21H21N3O5. The molecule has 1 N–H and O–H groups in total. The average molecular weight is 395 g/mol. The Kier molecular flexibility index (Phi) is 4.84. The predicted octanol–water partition coefficient (Wildman–Crippen LogP) is 3.15. The minimum Gasteiger partial charge on any atom is -0.497 e. The molecule has 1 fully saturated rings. The maximum absolute atomic E-state index is 12.8. The van der Waals surface area contributed by atoms with Gasteiger partial charge in [-0.2, -0.15) is 0 Å². The van der Waals surface area contributed by atoms with E-state index in [-0.39, 0.29) is 18.2 Å². The number of hydrogen-bond donors (Lipinski definition) is 1. The highest BCUT2D eigenvalue weighted by Crippen LogP contribution is 2.32. The molecule has 0 saturated carbocycles. The van der Waals surface area contributed by atoms with Gasteiger partial charge in [-0.25, -0.2) is 4.98 Å². The molecule has 1 atom stereocenters. The van der Waals surface area contributed by atoms with E-state index < -0.39 is 5.92 Å². The summed E-state index contributed by atoms with van der Waals surface area (Å²) in [7, 11) is 3.08. The fourth-order valence-electron chi connectivity index (χ4n) is 3.48. The molecule has 0 radical (unpaired) electrons. The van der Waals surface area contributed by atoms with Gasteiger partial charge in [0.2, 0.25) is 11.8 Å². The van der Waals surface area contributed by atoms with Crippen LogP contribution in [0.4, 0.5) is 11.4 Å². The van der Waals surface area contributed by atoms with Gasteiger partial charge in [0.25, 0.3) is 0 Å². The number of carbonyl (C=O) groups excluding carboxylic acids is 2. The topological polar surface area (TPSA) is 93.9 Å². The summed E-state index contributed by atoms with van der Waals surface area (Å²) < 4.78 is 16.0. The van der Waals surface area contributed by atoms with Crippen LogP contribution in [-0.4, -0.2) is 37.6 Å². The summed E-state index contributed by atoms with van der Waals surface area (Å²) >= 11 is 0. The van der Waals surface area contributed by atoms with Crippen molar-refractivity contribution in [3.05, 3.63) is 42.3 Å². The Morgan fingerprint density at radius 3 is 2.79 bits per heavy atom. The number of ether oxygens (including phenoxy) is 2. The quantitative estimate of drug-likeness (QED) is 0.713. The van der Waals surface area contributed by atoms with Crippen LogP contribution in [-0.2, 0) is 9.59 Å². The fraction of sp³-hybridized carbons (Fsp3) is 0.286. The van der Waals surface area contributed by atoms with Crippen LogP contribution < -0.4 is 19.7 Å². The third-order valence-corrected chi connectivity index (χ3v) is 4.95. The number of aryl methyl sites for hydroxylation is 1. The number of fused-ring (bicyclic) bond motifs is 1. The van der Waals surface area contributed by atoms with Crippen molar-refractivity contribution in [3.8, 4) is 11.5 Å². The number of anilines is 2. The Morgan fingerprint density at radius 1 is 1.21 bits per heavy atom. The molecule has 0 aliphatic carbocycles. The van der Waals surface area contributed by atoms with Crippen LogP contribution in [0.1, 0.15) is 12.3 Å². The molecule has 2 amide bonds. The molecule has 8 nitrogen and oxygen atoms in total. The van der Waals surface area contributed by atoms with Gasteiger partial charge in [-0.05, 0) is 30.3 Å². The molecule has 150 valence electrons. The Bertz CT molecular complexity index is 1090. The summed E-state index contributed by atoms with van der Waals surface area (Å²) in [6.45, 7) is 2.06. The molecule has 2 heterocycles. The number of nitrogens with one attached hydrogen (secondary N) is 1. The number of benzene rings is 2. The van der Waals surface area contributed by atoms with Crippen LogP contribution in [0, 0.1) is 12.8 Å². The number of nitrogens with zero attached hydrogens (tertiary/aromatic N) is 2. The number of hydrogen-bond acceptors (Lipinski definition) is 6. The van der Waals surface area contributed by atoms with E-state index >= 15 is 0 Å². The third-order valence-electron chi connectivity index (χ3n) is 4.95. The molecule has 4 rings (SSSR count). The standard InChI is InChI=1S/C21H21N3O5/c1-12-22-16-9-14(4-6-19(16)29-12)24-11-13(8-20(24)25)21(26)23-17-10-15(27-2)5-7-18(17)28-3/h4-7,9-10,13H,8,11H2,1-3H3,(H,23,26). The summed E-state index contributed by atoms with van der Waals surface area (Å²) in [6, 6.07) is 10.5. The maximum atomic E-state index is 12.8. The van der Waals surface area contributed by atoms with Crippen molar-refractivity contribution in [1.82, 2.24) is 4.98 Å². The van der Waals surface area contributed by atoms with Gasteiger partial charge in [-0.15, -0.1) is 0 Å². The Balaban J connectivity index is 1.52. The normalized spacial score (nSPS) is 16.3. The van der Waals surface area contributed by atoms with Crippen LogP contribution in [0.15, 0.2) is 40.8 Å². The highest BCUT2D eigenvalue weighted by atomic mass is 16.5. The molecule has 1 aromatic heterocycles. The SMILES string of the molecule is COc1ccc(OC)c(NC(=O)C2CC(=O)N(c3ccc4oc(C)nc4c3)C2)c1. The van der Waals surface area contributed by atoms with Crippen molar-refractivity contribution < 1.29 is 23.5 Å². The summed E-state index contributed by atoms with van der Waals surface area (Å²) in [5.41, 5.74) is 2.55. The third kappa shape index (κ3) is 3.61. The van der Waals surface area contributed by atoms with Crippen LogP contribution in [0.5, 0.6) is 11.5 Å². The molecule has 29 heavy (non-hydrogen) atoms. The van der Waals surface area contributed by atoms with Gasteiger partial charge in [-0.1, -0.05) is 0 Å². The molecular weight excluding hydrogens is 374 g/mol. The van der Waals surface area contributed by atoms with Crippen molar-refractivity contribution in [3.63, 3.8) is 0 Å². The molecule has 8 heteroatoms. The van der Waals surface area contributed by atoms with E-state index in [1.807, 2.05) is 0 Å². The second kappa shape index (κ2) is 7.46. The Hall–Kier alpha value is -3.55. The molecule has 0 spiro atoms. The van der Waals surface area contributed by atoms with E-state index in [9.17, 15) is 9.59 Å². The Labute approximate surface area is 167 Å². The van der Waals surface area contributed by atoms with Gasteiger partial charge in [0.1, 0.15) is 17.0 Å². The summed E-state index contributed by atoms with van der Waals surface area (Å²) in [5, 5.41) is 2.85. The number of methoxy groups -OCH3 is 2. The zero-order valence-corrected chi connectivity index (χ0v) is 16.4. The van der Waals surface area contributed by atoms with Crippen LogP contribution in [0.3, 0.4) is 0 Å². The largest absolute Gasteiger partial charge is 0.497 e. The van der Waals surface area contributed by atoms with Crippen molar-refractivity contribution >= 4 is 34.3 Å². The number of aromatic nitrogens is 1. The number of oxazole rings is 1. The van der Waals surface area contributed by atoms with Crippen molar-refractivity contribution in [2.75, 3.05) is 31.0 Å². The van der Waals surface area contributed by atoms with E-state index in [2.05, 4.69) is 10.3 Å². The van der Waals surface area contributed by atoms with Gasteiger partial charge in [0.05, 0.1) is 25.8 Å². The first-order valence-electron chi connectivity index (χ1n) is 9.19. The molecule has 1 unspecified atom stereocenters. The number of amides is 2. The number of carbonyl (C=O) groups is 2. The van der Waals surface area contributed by atoms with Crippen LogP contribution in [0.2, 0.25) is 0 Å². The summed E-state index contributed by atoms with van der Waals surface area (Å²) in [6.07, 6.45) is 0.133. The van der Waals surface area contributed by atoms with E-state index in [1.54, 1.807) is 55.3 Å². The van der Waals surface area contributed by atoms with E-state index in [1.165, 1.54) is 7.11 Å². The van der Waals surface area contributed by atoms with Gasteiger partial charge in [0, 0.05) is 31.6 Å². The lowest BCUT2D eigenvalue weighted by atomic mass is 10.1. The molecule has 1 aliphatic heterocycles. The van der Waals surface area contributed by atoms with Crippen LogP contribution >= 0.6 is 0 Å². The molecule has 3 aromatic rings. The highest BCUT2D eigenvalue weighted by molar-refractivity contribution is 6.04. The zero-order valence-electron chi connectivity index (χ0n) is 16.4. The number of rotatable bonds is 5. The maximum Gasteiger partial charge on any atom is 0.229 e. The van der Waals surface area contributed by atoms with Gasteiger partial charge in [0.15, 0.2) is 11.5 Å². The van der Waals surface area contributed by atoms with E-state index in [4.69, 9.17) is 13.9 Å². The van der Waals surface area contributed by atoms with E-state index in [0.717, 1.165) is 0 Å². The van der Waals surface area contributed by atoms with Gasteiger partial charge >= 0.3 is 0 Å². The molecule has 0 bridgehead atoms. The lowest BCUT2D eigenvalue weighted by Crippen LogP contribution is -2.28. The zero-order chi connectivity index (χ0) is 20.5. The lowest BCUT2D eigenvalue weighted by molar-refractivity contribution is -0.122. The van der Waals surface area contributed by atoms with Crippen LogP contribution in [0.25, 0.3) is 11.1 Å². The second-order valence-electron chi connectivity index (χ2n) is 6.85. The van der Waals surface area contributed by atoms with Gasteiger partial charge in [-0.3, -0.25) is 9.59 Å². The second-order valence-corrected chi connectivity index (χ2v) is 6.85. The van der Waals surface area contributed by atoms with Crippen molar-refractivity contribution in [1.29, 1.82) is 0 Å². The minimum atomic E-state index is -0.479. The van der Waals surface area contributed by atoms with E-state index in [0.29, 0.717) is 46.4 Å². The monoisotopic (exact) mass is 395 g/mol. The Morgan fingerprint density at radius 2 is 2.03 bits per heavy atom. The lowest BCUT2D eigenvalue weighted by Gasteiger charge is -2.17. The predicted molar refractivity (Wildman–Crippen MR) is 107 cm³/mol. The molecule has 1 aliphatic rings. The molecule has 1 saturated heterocycles. The highest BCUT2D eigenvalue weighted by Gasteiger charge is 2.35. The summed E-state index contributed by atoms with van der Waals surface area (Å²) in [5.74, 6) is 0.851.